The van der Waals surface area contributed by atoms with Crippen LogP contribution in [0.3, 0.4) is 0 Å². The Labute approximate surface area is 106 Å². The Kier molecular flexibility index (Phi) is 6.35. The van der Waals surface area contributed by atoms with E-state index in [4.69, 9.17) is 19.3 Å². The van der Waals surface area contributed by atoms with Crippen LogP contribution in [0.1, 0.15) is 0 Å². The van der Waals surface area contributed by atoms with Crippen LogP contribution in [0.5, 0.6) is 11.5 Å². The van der Waals surface area contributed by atoms with Gasteiger partial charge in [-0.3, -0.25) is 0 Å². The first kappa shape index (κ1) is 14.1. The third kappa shape index (κ3) is 5.91. The number of carbonyl (C=O) groups is 1. The second kappa shape index (κ2) is 8.14. The summed E-state index contributed by atoms with van der Waals surface area (Å²) >= 11 is 0. The van der Waals surface area contributed by atoms with Crippen molar-refractivity contribution in [1.29, 1.82) is 0 Å². The highest BCUT2D eigenvalue weighted by molar-refractivity contribution is 5.81. The van der Waals surface area contributed by atoms with Crippen LogP contribution >= 0.6 is 0 Å². The van der Waals surface area contributed by atoms with Crippen molar-refractivity contribution in [2.24, 2.45) is 0 Å². The molecule has 0 aliphatic heterocycles. The molecule has 0 amide bonds. The molecule has 98 valence electrons. The largest absolute Gasteiger partial charge is 0.508 e. The lowest BCUT2D eigenvalue weighted by Gasteiger charge is -2.07. The van der Waals surface area contributed by atoms with Crippen molar-refractivity contribution in [1.82, 2.24) is 0 Å². The average Bonchev–Trinajstić information content (AvgIpc) is 2.39. The lowest BCUT2D eigenvalue weighted by atomic mass is 10.3. The van der Waals surface area contributed by atoms with Crippen molar-refractivity contribution in [2.45, 2.75) is 0 Å². The van der Waals surface area contributed by atoms with Crippen molar-refractivity contribution in [3.63, 3.8) is 0 Å². The van der Waals surface area contributed by atoms with Gasteiger partial charge in [0.2, 0.25) is 0 Å². The van der Waals surface area contributed by atoms with E-state index in [1.165, 1.54) is 0 Å². The predicted molar refractivity (Wildman–Crippen MR) is 65.6 cm³/mol. The first-order valence-corrected chi connectivity index (χ1v) is 5.51. The van der Waals surface area contributed by atoms with Crippen molar-refractivity contribution in [2.75, 3.05) is 26.4 Å². The summed E-state index contributed by atoms with van der Waals surface area (Å²) in [5, 5.41) is 9.06. The van der Waals surface area contributed by atoms with Gasteiger partial charge in [-0.05, 0) is 24.3 Å². The van der Waals surface area contributed by atoms with Gasteiger partial charge in [-0.1, -0.05) is 6.58 Å². The van der Waals surface area contributed by atoms with Crippen LogP contribution in [0.2, 0.25) is 0 Å². The second-order valence-corrected chi connectivity index (χ2v) is 3.33. The Morgan fingerprint density at radius 2 is 1.83 bits per heavy atom. The van der Waals surface area contributed by atoms with Gasteiger partial charge in [-0.2, -0.15) is 0 Å². The summed E-state index contributed by atoms with van der Waals surface area (Å²) in [4.78, 5) is 10.7. The molecule has 0 aliphatic carbocycles. The molecule has 18 heavy (non-hydrogen) atoms. The van der Waals surface area contributed by atoms with Crippen molar-refractivity contribution >= 4 is 5.97 Å². The number of phenols is 1. The fourth-order valence-corrected chi connectivity index (χ4v) is 1.12. The van der Waals surface area contributed by atoms with Gasteiger partial charge in [-0.25, -0.2) is 4.79 Å². The predicted octanol–water partition coefficient (Wildman–Crippen LogP) is 1.52. The SMILES string of the molecule is C=CC(=O)OCCOCCOc1ccc(O)cc1. The number of carbonyl (C=O) groups excluding carboxylic acids is 1. The molecule has 5 nitrogen and oxygen atoms in total. The van der Waals surface area contributed by atoms with E-state index in [0.29, 0.717) is 25.6 Å². The Bertz CT molecular complexity index is 371. The number of hydrogen-bond donors (Lipinski definition) is 1. The van der Waals surface area contributed by atoms with Crippen LogP contribution in [0, 0.1) is 0 Å². The second-order valence-electron chi connectivity index (χ2n) is 3.33. The van der Waals surface area contributed by atoms with Crippen LogP contribution < -0.4 is 4.74 Å². The molecule has 0 heterocycles. The maximum absolute atomic E-state index is 10.7. The monoisotopic (exact) mass is 252 g/mol. The van der Waals surface area contributed by atoms with Gasteiger partial charge >= 0.3 is 5.97 Å². The van der Waals surface area contributed by atoms with Crippen LogP contribution in [-0.2, 0) is 14.3 Å². The first-order valence-electron chi connectivity index (χ1n) is 5.51. The fraction of sp³-hybridized carbons (Fsp3) is 0.308. The Morgan fingerprint density at radius 1 is 1.17 bits per heavy atom. The van der Waals surface area contributed by atoms with Crippen molar-refractivity contribution < 1.29 is 24.1 Å². The molecule has 1 aromatic carbocycles. The molecule has 0 atom stereocenters. The smallest absolute Gasteiger partial charge is 0.330 e. The maximum Gasteiger partial charge on any atom is 0.330 e. The number of hydrogen-bond acceptors (Lipinski definition) is 5. The van der Waals surface area contributed by atoms with Crippen LogP contribution in [-0.4, -0.2) is 37.5 Å². The number of rotatable bonds is 8. The first-order chi connectivity index (χ1) is 8.72. The molecule has 1 N–H and O–H groups in total. The molecule has 0 fully saturated rings. The molecule has 1 aromatic rings. The molecule has 0 aliphatic rings. The molecular weight excluding hydrogens is 236 g/mol. The van der Waals surface area contributed by atoms with E-state index < -0.39 is 5.97 Å². The molecule has 0 spiro atoms. The van der Waals surface area contributed by atoms with Gasteiger partial charge in [0, 0.05) is 6.08 Å². The lowest BCUT2D eigenvalue weighted by molar-refractivity contribution is -0.139. The number of benzene rings is 1. The van der Waals surface area contributed by atoms with E-state index in [0.717, 1.165) is 6.08 Å². The summed E-state index contributed by atoms with van der Waals surface area (Å²) in [6.07, 6.45) is 1.11. The van der Waals surface area contributed by atoms with Crippen molar-refractivity contribution in [3.8, 4) is 11.5 Å². The zero-order valence-corrected chi connectivity index (χ0v) is 10.0. The molecule has 0 aromatic heterocycles. The summed E-state index contributed by atoms with van der Waals surface area (Å²) in [7, 11) is 0. The number of ether oxygens (including phenoxy) is 3. The van der Waals surface area contributed by atoms with Crippen LogP contribution in [0.4, 0.5) is 0 Å². The molecule has 0 saturated carbocycles. The zero-order chi connectivity index (χ0) is 13.2. The Balaban J connectivity index is 2.00. The van der Waals surface area contributed by atoms with E-state index in [1.54, 1.807) is 24.3 Å². The summed E-state index contributed by atoms with van der Waals surface area (Å²) < 4.78 is 15.3. The highest BCUT2D eigenvalue weighted by Crippen LogP contribution is 2.15. The van der Waals surface area contributed by atoms with Gasteiger partial charge < -0.3 is 19.3 Å². The summed E-state index contributed by atoms with van der Waals surface area (Å²) in [5.41, 5.74) is 0. The molecule has 0 unspecified atom stereocenters. The van der Waals surface area contributed by atoms with Crippen LogP contribution in [0.15, 0.2) is 36.9 Å². The van der Waals surface area contributed by atoms with E-state index in [-0.39, 0.29) is 12.4 Å². The van der Waals surface area contributed by atoms with Crippen molar-refractivity contribution in [3.05, 3.63) is 36.9 Å². The molecule has 0 saturated heterocycles. The summed E-state index contributed by atoms with van der Waals surface area (Å²) in [6.45, 7) is 4.58. The molecule has 5 heteroatoms. The quantitative estimate of drug-likeness (QED) is 0.431. The van der Waals surface area contributed by atoms with E-state index >= 15 is 0 Å². The van der Waals surface area contributed by atoms with Gasteiger partial charge in [-0.15, -0.1) is 0 Å². The average molecular weight is 252 g/mol. The Morgan fingerprint density at radius 3 is 2.50 bits per heavy atom. The fourth-order valence-electron chi connectivity index (χ4n) is 1.12. The molecule has 0 radical (unpaired) electrons. The molecule has 0 bridgehead atoms. The Hall–Kier alpha value is -2.01. The summed E-state index contributed by atoms with van der Waals surface area (Å²) in [6, 6.07) is 6.43. The minimum Gasteiger partial charge on any atom is -0.508 e. The lowest BCUT2D eigenvalue weighted by Crippen LogP contribution is -2.12. The normalized spacial score (nSPS) is 9.78. The van der Waals surface area contributed by atoms with Crippen LogP contribution in [0.25, 0.3) is 0 Å². The zero-order valence-electron chi connectivity index (χ0n) is 10.0. The van der Waals surface area contributed by atoms with E-state index in [2.05, 4.69) is 6.58 Å². The van der Waals surface area contributed by atoms with Gasteiger partial charge in [0.1, 0.15) is 24.7 Å². The number of esters is 1. The van der Waals surface area contributed by atoms with Gasteiger partial charge in [0.25, 0.3) is 0 Å². The van der Waals surface area contributed by atoms with Gasteiger partial charge in [0.05, 0.1) is 13.2 Å². The third-order valence-electron chi connectivity index (χ3n) is 1.97. The van der Waals surface area contributed by atoms with Gasteiger partial charge in [0.15, 0.2) is 0 Å². The topological polar surface area (TPSA) is 65.0 Å². The maximum atomic E-state index is 10.7. The molecular formula is C13H16O5. The summed E-state index contributed by atoms with van der Waals surface area (Å²) in [5.74, 6) is 0.399. The van der Waals surface area contributed by atoms with E-state index in [9.17, 15) is 4.79 Å². The minimum atomic E-state index is -0.459. The number of aromatic hydroxyl groups is 1. The highest BCUT2D eigenvalue weighted by atomic mass is 16.6. The molecule has 1 rings (SSSR count). The third-order valence-corrected chi connectivity index (χ3v) is 1.97. The minimum absolute atomic E-state index is 0.197. The number of phenolic OH excluding ortho intramolecular Hbond substituents is 1. The standard InChI is InChI=1S/C13H16O5/c1-2-13(15)18-10-8-16-7-9-17-12-5-3-11(14)4-6-12/h2-6,14H,1,7-10H2. The highest BCUT2D eigenvalue weighted by Gasteiger charge is 1.96. The van der Waals surface area contributed by atoms with E-state index in [1.807, 2.05) is 0 Å².